The zero-order chi connectivity index (χ0) is 27.6. The van der Waals surface area contributed by atoms with Crippen LogP contribution >= 0.6 is 15.9 Å². The molecule has 0 bridgehead atoms. The first-order valence-electron chi connectivity index (χ1n) is 12.5. The van der Waals surface area contributed by atoms with Crippen molar-refractivity contribution in [2.24, 2.45) is 0 Å². The number of nitrogens with one attached hydrogen (secondary N) is 1. The van der Waals surface area contributed by atoms with E-state index in [0.717, 1.165) is 21.2 Å². The fourth-order valence-electron chi connectivity index (χ4n) is 3.75. The second-order valence-corrected chi connectivity index (χ2v) is 11.8. The number of benzene rings is 2. The van der Waals surface area contributed by atoms with Gasteiger partial charge in [0.25, 0.3) is 0 Å². The number of ether oxygens (including phenoxy) is 4. The van der Waals surface area contributed by atoms with Crippen molar-refractivity contribution in [1.82, 2.24) is 5.32 Å². The van der Waals surface area contributed by atoms with Crippen molar-refractivity contribution >= 4 is 21.9 Å². The third-order valence-corrected chi connectivity index (χ3v) is 6.20. The van der Waals surface area contributed by atoms with Crippen LogP contribution < -0.4 is 10.1 Å². The first kappa shape index (κ1) is 31.2. The average molecular weight is 581 g/mol. The van der Waals surface area contributed by atoms with Gasteiger partial charge in [-0.3, -0.25) is 4.79 Å². The lowest BCUT2D eigenvalue weighted by molar-refractivity contribution is -0.155. The van der Waals surface area contributed by atoms with Crippen molar-refractivity contribution in [1.29, 1.82) is 0 Å². The van der Waals surface area contributed by atoms with Crippen LogP contribution in [0.2, 0.25) is 0 Å². The Bertz CT molecular complexity index is 984. The third-order valence-electron chi connectivity index (χ3n) is 5.61. The number of esters is 1. The molecule has 0 saturated carbocycles. The van der Waals surface area contributed by atoms with Crippen LogP contribution in [0.5, 0.6) is 5.75 Å². The minimum atomic E-state index is -0.625. The van der Waals surface area contributed by atoms with Gasteiger partial charge in [0.05, 0.1) is 36.8 Å². The molecule has 206 valence electrons. The third kappa shape index (κ3) is 10.4. The zero-order valence-corrected chi connectivity index (χ0v) is 24.7. The van der Waals surface area contributed by atoms with Gasteiger partial charge in [0.2, 0.25) is 0 Å². The molecule has 0 unspecified atom stereocenters. The minimum absolute atomic E-state index is 0.0189. The summed E-state index contributed by atoms with van der Waals surface area (Å²) in [5.74, 6) is 0.213. The maximum Gasteiger partial charge on any atom is 0.308 e. The van der Waals surface area contributed by atoms with E-state index in [2.05, 4.69) is 48.1 Å². The molecule has 37 heavy (non-hydrogen) atoms. The van der Waals surface area contributed by atoms with Crippen LogP contribution in [0.3, 0.4) is 0 Å². The smallest absolute Gasteiger partial charge is 0.308 e. The predicted molar refractivity (Wildman–Crippen MR) is 149 cm³/mol. The van der Waals surface area contributed by atoms with Crippen LogP contribution in [0.15, 0.2) is 46.9 Å². The molecule has 2 N–H and O–H groups in total. The van der Waals surface area contributed by atoms with Gasteiger partial charge in [-0.25, -0.2) is 0 Å². The summed E-state index contributed by atoms with van der Waals surface area (Å²) in [5, 5.41) is 13.8. The van der Waals surface area contributed by atoms with E-state index in [4.69, 9.17) is 18.9 Å². The molecule has 2 rings (SSSR count). The maximum absolute atomic E-state index is 13.0. The highest BCUT2D eigenvalue weighted by Gasteiger charge is 2.29. The van der Waals surface area contributed by atoms with Crippen LogP contribution in [0.4, 0.5) is 0 Å². The maximum atomic E-state index is 13.0. The molecule has 0 aliphatic heterocycles. The SMILES string of the molecule is COCCOCOc1c(Br)cc(C(C)(C)C)cc1[C@H](CC(=O)OC(C)(C)C)N[C@H](CO)c1ccccc1. The van der Waals surface area contributed by atoms with Crippen LogP contribution in [-0.4, -0.2) is 50.4 Å². The highest BCUT2D eigenvalue weighted by molar-refractivity contribution is 9.10. The molecule has 0 aliphatic carbocycles. The van der Waals surface area contributed by atoms with E-state index in [1.165, 1.54) is 0 Å². The quantitative estimate of drug-likeness (QED) is 0.175. The fraction of sp³-hybridized carbons (Fsp3) is 0.552. The molecule has 0 radical (unpaired) electrons. The monoisotopic (exact) mass is 579 g/mol. The first-order chi connectivity index (χ1) is 17.4. The number of carbonyl (C=O) groups is 1. The van der Waals surface area contributed by atoms with Crippen molar-refractivity contribution in [2.45, 2.75) is 71.1 Å². The van der Waals surface area contributed by atoms with E-state index in [9.17, 15) is 9.90 Å². The minimum Gasteiger partial charge on any atom is -0.466 e. The Kier molecular flexibility index (Phi) is 12.0. The Morgan fingerprint density at radius 1 is 1.03 bits per heavy atom. The second-order valence-electron chi connectivity index (χ2n) is 10.9. The van der Waals surface area contributed by atoms with Gasteiger partial charge in [-0.2, -0.15) is 0 Å². The standard InChI is InChI=1S/C29H42BrNO6/c1-28(2,3)21-15-22(27(23(30)16-21)36-19-35-14-13-34-7)24(17-26(33)37-29(4,5)6)31-25(18-32)20-11-9-8-10-12-20/h8-12,15-16,24-25,31-32H,13-14,17-19H2,1-7H3/t24-,25+/m0/s1. The van der Waals surface area contributed by atoms with E-state index < -0.39 is 17.7 Å². The summed E-state index contributed by atoms with van der Waals surface area (Å²) in [6.45, 7) is 12.6. The summed E-state index contributed by atoms with van der Waals surface area (Å²) in [5.41, 5.74) is 1.97. The zero-order valence-electron chi connectivity index (χ0n) is 23.1. The fourth-order valence-corrected chi connectivity index (χ4v) is 4.34. The lowest BCUT2D eigenvalue weighted by atomic mass is 9.84. The molecule has 0 spiro atoms. The van der Waals surface area contributed by atoms with Crippen molar-refractivity contribution in [3.63, 3.8) is 0 Å². The molecule has 2 atom stereocenters. The number of halogens is 1. The molecule has 7 nitrogen and oxygen atoms in total. The highest BCUT2D eigenvalue weighted by Crippen LogP contribution is 2.40. The van der Waals surface area contributed by atoms with Gasteiger partial charge in [0.1, 0.15) is 11.4 Å². The summed E-state index contributed by atoms with van der Waals surface area (Å²) in [6, 6.07) is 12.8. The highest BCUT2D eigenvalue weighted by atomic mass is 79.9. The number of carbonyl (C=O) groups excluding carboxylic acids is 1. The molecule has 2 aromatic carbocycles. The van der Waals surface area contributed by atoms with E-state index in [-0.39, 0.29) is 31.2 Å². The molecular weight excluding hydrogens is 538 g/mol. The van der Waals surface area contributed by atoms with Gasteiger partial charge in [0, 0.05) is 18.7 Å². The van der Waals surface area contributed by atoms with Crippen LogP contribution in [-0.2, 0) is 24.4 Å². The molecule has 0 fully saturated rings. The van der Waals surface area contributed by atoms with Crippen LogP contribution in [0.1, 0.15) is 76.7 Å². The molecule has 2 aromatic rings. The van der Waals surface area contributed by atoms with Crippen molar-refractivity contribution in [3.05, 3.63) is 63.6 Å². The lowest BCUT2D eigenvalue weighted by Gasteiger charge is -2.30. The number of hydrogen-bond donors (Lipinski definition) is 2. The summed E-state index contributed by atoms with van der Waals surface area (Å²) >= 11 is 3.69. The molecule has 0 aromatic heterocycles. The van der Waals surface area contributed by atoms with Gasteiger partial charge in [-0.05, 0) is 65.4 Å². The number of aliphatic hydroxyl groups is 1. The molecule has 0 saturated heterocycles. The van der Waals surface area contributed by atoms with Gasteiger partial charge >= 0.3 is 5.97 Å². The average Bonchev–Trinajstić information content (AvgIpc) is 2.81. The Hall–Kier alpha value is -1.97. The number of methoxy groups -OCH3 is 1. The number of aliphatic hydroxyl groups excluding tert-OH is 1. The second kappa shape index (κ2) is 14.3. The van der Waals surface area contributed by atoms with Crippen molar-refractivity contribution in [2.75, 3.05) is 33.7 Å². The van der Waals surface area contributed by atoms with Gasteiger partial charge in [-0.1, -0.05) is 51.1 Å². The molecule has 0 amide bonds. The van der Waals surface area contributed by atoms with Crippen LogP contribution in [0.25, 0.3) is 0 Å². The van der Waals surface area contributed by atoms with Crippen LogP contribution in [0, 0.1) is 0 Å². The van der Waals surface area contributed by atoms with E-state index in [0.29, 0.717) is 19.0 Å². The largest absolute Gasteiger partial charge is 0.466 e. The Labute approximate surface area is 230 Å². The summed E-state index contributed by atoms with van der Waals surface area (Å²) in [7, 11) is 1.61. The summed E-state index contributed by atoms with van der Waals surface area (Å²) < 4.78 is 23.1. The molecule has 8 heteroatoms. The topological polar surface area (TPSA) is 86.3 Å². The summed E-state index contributed by atoms with van der Waals surface area (Å²) in [4.78, 5) is 13.0. The Morgan fingerprint density at radius 3 is 2.27 bits per heavy atom. The molecule has 0 aliphatic rings. The van der Waals surface area contributed by atoms with Gasteiger partial charge in [0.15, 0.2) is 6.79 Å². The van der Waals surface area contributed by atoms with E-state index >= 15 is 0 Å². The molecular formula is C29H42BrNO6. The van der Waals surface area contributed by atoms with Gasteiger partial charge < -0.3 is 29.4 Å². The normalized spacial score (nSPS) is 13.8. The van der Waals surface area contributed by atoms with E-state index in [1.807, 2.05) is 57.2 Å². The first-order valence-corrected chi connectivity index (χ1v) is 13.3. The molecule has 0 heterocycles. The van der Waals surface area contributed by atoms with E-state index in [1.54, 1.807) is 7.11 Å². The van der Waals surface area contributed by atoms with Gasteiger partial charge in [-0.15, -0.1) is 0 Å². The predicted octanol–water partition coefficient (Wildman–Crippen LogP) is 5.84. The Balaban J connectivity index is 2.53. The van der Waals surface area contributed by atoms with Crippen molar-refractivity contribution < 1.29 is 28.8 Å². The number of hydrogen-bond acceptors (Lipinski definition) is 7. The Morgan fingerprint density at radius 2 is 1.70 bits per heavy atom. The summed E-state index contributed by atoms with van der Waals surface area (Å²) in [6.07, 6.45) is 0.0432. The number of rotatable bonds is 13. The van der Waals surface area contributed by atoms with Crippen molar-refractivity contribution in [3.8, 4) is 5.75 Å². The lowest BCUT2D eigenvalue weighted by Crippen LogP contribution is -2.33.